The van der Waals surface area contributed by atoms with Crippen molar-refractivity contribution in [1.29, 1.82) is 0 Å². The van der Waals surface area contributed by atoms with Crippen LogP contribution in [0, 0.1) is 6.92 Å². The van der Waals surface area contributed by atoms with E-state index >= 15 is 0 Å². The van der Waals surface area contributed by atoms with Gasteiger partial charge in [0.05, 0.1) is 6.04 Å². The summed E-state index contributed by atoms with van der Waals surface area (Å²) in [4.78, 5) is 10.6. The molecule has 1 aromatic carbocycles. The number of benzene rings is 1. The lowest BCUT2D eigenvalue weighted by molar-refractivity contribution is -0.109. The summed E-state index contributed by atoms with van der Waals surface area (Å²) in [5.41, 5.74) is 2.04. The van der Waals surface area contributed by atoms with Gasteiger partial charge in [-0.1, -0.05) is 29.8 Å². The molecule has 1 unspecified atom stereocenters. The van der Waals surface area contributed by atoms with E-state index in [4.69, 9.17) is 0 Å². The third kappa shape index (κ3) is 2.71. The van der Waals surface area contributed by atoms with Gasteiger partial charge < -0.3 is 4.79 Å². The highest BCUT2D eigenvalue weighted by molar-refractivity contribution is 7.87. The van der Waals surface area contributed by atoms with Crippen molar-refractivity contribution in [3.63, 3.8) is 0 Å². The minimum absolute atomic E-state index is 0.194. The molecule has 5 nitrogen and oxygen atoms in total. The van der Waals surface area contributed by atoms with E-state index in [0.717, 1.165) is 11.1 Å². The van der Waals surface area contributed by atoms with Crippen LogP contribution in [0.2, 0.25) is 0 Å². The van der Waals surface area contributed by atoms with Gasteiger partial charge in [0.15, 0.2) is 0 Å². The predicted octanol–water partition coefficient (Wildman–Crippen LogP) is 0.213. The molecule has 0 bridgehead atoms. The molecule has 1 fully saturated rings. The molecule has 1 N–H and O–H groups in total. The zero-order valence-corrected chi connectivity index (χ0v) is 10.3. The molecule has 1 heterocycles. The third-order valence-corrected chi connectivity index (χ3v) is 4.24. The molecule has 0 aromatic heterocycles. The number of hydrogen-bond donors (Lipinski definition) is 1. The molecule has 92 valence electrons. The zero-order valence-electron chi connectivity index (χ0n) is 9.46. The second kappa shape index (κ2) is 4.56. The molecule has 0 saturated carbocycles. The van der Waals surface area contributed by atoms with E-state index in [2.05, 4.69) is 4.72 Å². The SMILES string of the molecule is Cc1ccc(CN2CC(C=O)NS2(=O)=O)cc1. The first-order valence-corrected chi connectivity index (χ1v) is 6.73. The lowest BCUT2D eigenvalue weighted by Gasteiger charge is -2.13. The fourth-order valence-electron chi connectivity index (χ4n) is 1.74. The van der Waals surface area contributed by atoms with E-state index in [1.165, 1.54) is 4.31 Å². The van der Waals surface area contributed by atoms with Gasteiger partial charge in [-0.2, -0.15) is 17.4 Å². The largest absolute Gasteiger partial charge is 0.302 e. The summed E-state index contributed by atoms with van der Waals surface area (Å²) in [6.45, 7) is 2.46. The maximum Gasteiger partial charge on any atom is 0.280 e. The van der Waals surface area contributed by atoms with Gasteiger partial charge in [0, 0.05) is 13.1 Å². The lowest BCUT2D eigenvalue weighted by atomic mass is 10.1. The van der Waals surface area contributed by atoms with E-state index in [1.807, 2.05) is 31.2 Å². The molecule has 0 amide bonds. The molecule has 1 saturated heterocycles. The third-order valence-electron chi connectivity index (χ3n) is 2.68. The standard InChI is InChI=1S/C11H14N2O3S/c1-9-2-4-10(5-3-9)6-13-7-11(8-14)12-17(13,15)16/h2-5,8,11-12H,6-7H2,1H3. The van der Waals surface area contributed by atoms with Gasteiger partial charge in [0.2, 0.25) is 0 Å². The van der Waals surface area contributed by atoms with Crippen LogP contribution in [-0.2, 0) is 21.5 Å². The normalized spacial score (nSPS) is 23.7. The number of nitrogens with one attached hydrogen (secondary N) is 1. The molecular formula is C11H14N2O3S. The summed E-state index contributed by atoms with van der Waals surface area (Å²) in [5, 5.41) is 0. The minimum atomic E-state index is -3.50. The number of carbonyl (C=O) groups is 1. The van der Waals surface area contributed by atoms with Crippen LogP contribution in [0.4, 0.5) is 0 Å². The van der Waals surface area contributed by atoms with E-state index in [9.17, 15) is 13.2 Å². The first kappa shape index (κ1) is 12.2. The summed E-state index contributed by atoms with van der Waals surface area (Å²) in [5.74, 6) is 0. The van der Waals surface area contributed by atoms with Crippen LogP contribution in [0.5, 0.6) is 0 Å². The molecule has 2 rings (SSSR count). The number of hydrogen-bond acceptors (Lipinski definition) is 3. The molecule has 6 heteroatoms. The Hall–Kier alpha value is -1.24. The van der Waals surface area contributed by atoms with Crippen molar-refractivity contribution in [1.82, 2.24) is 9.03 Å². The van der Waals surface area contributed by atoms with E-state index in [1.54, 1.807) is 0 Å². The summed E-state index contributed by atoms with van der Waals surface area (Å²) < 4.78 is 26.9. The Kier molecular flexibility index (Phi) is 3.28. The van der Waals surface area contributed by atoms with Gasteiger partial charge in [0.25, 0.3) is 10.2 Å². The first-order valence-electron chi connectivity index (χ1n) is 5.29. The van der Waals surface area contributed by atoms with Crippen molar-refractivity contribution in [2.45, 2.75) is 19.5 Å². The molecule has 1 aliphatic heterocycles. The molecule has 0 spiro atoms. The van der Waals surface area contributed by atoms with Crippen LogP contribution in [-0.4, -0.2) is 31.6 Å². The Morgan fingerprint density at radius 3 is 2.59 bits per heavy atom. The van der Waals surface area contributed by atoms with Crippen LogP contribution in [0.25, 0.3) is 0 Å². The average Bonchev–Trinajstić information content (AvgIpc) is 2.57. The van der Waals surface area contributed by atoms with Gasteiger partial charge in [-0.05, 0) is 12.5 Å². The van der Waals surface area contributed by atoms with Crippen molar-refractivity contribution in [3.8, 4) is 0 Å². The molecule has 1 aliphatic rings. The van der Waals surface area contributed by atoms with Crippen molar-refractivity contribution in [3.05, 3.63) is 35.4 Å². The fraction of sp³-hybridized carbons (Fsp3) is 0.364. The van der Waals surface area contributed by atoms with Gasteiger partial charge in [-0.25, -0.2) is 0 Å². The monoisotopic (exact) mass is 254 g/mol. The smallest absolute Gasteiger partial charge is 0.280 e. The molecule has 0 radical (unpaired) electrons. The van der Waals surface area contributed by atoms with Crippen LogP contribution in [0.1, 0.15) is 11.1 Å². The van der Waals surface area contributed by atoms with Crippen molar-refractivity contribution in [2.24, 2.45) is 0 Å². The zero-order chi connectivity index (χ0) is 12.5. The Balaban J connectivity index is 2.14. The second-order valence-corrected chi connectivity index (χ2v) is 5.85. The Labute approximate surface area is 101 Å². The average molecular weight is 254 g/mol. The maximum atomic E-state index is 11.7. The summed E-state index contributed by atoms with van der Waals surface area (Å²) in [7, 11) is -3.50. The molecule has 17 heavy (non-hydrogen) atoms. The highest BCUT2D eigenvalue weighted by Crippen LogP contribution is 2.14. The quantitative estimate of drug-likeness (QED) is 0.784. The molecular weight excluding hydrogens is 240 g/mol. The van der Waals surface area contributed by atoms with Crippen LogP contribution in [0.15, 0.2) is 24.3 Å². The van der Waals surface area contributed by atoms with Crippen molar-refractivity contribution >= 4 is 16.5 Å². The van der Waals surface area contributed by atoms with Gasteiger partial charge in [-0.15, -0.1) is 0 Å². The first-order chi connectivity index (χ1) is 8.01. The number of aryl methyl sites for hydroxylation is 1. The predicted molar refractivity (Wildman–Crippen MR) is 63.5 cm³/mol. The fourth-order valence-corrected chi connectivity index (χ4v) is 3.08. The Bertz CT molecular complexity index is 510. The van der Waals surface area contributed by atoms with E-state index in [-0.39, 0.29) is 6.54 Å². The molecule has 0 aliphatic carbocycles. The van der Waals surface area contributed by atoms with Crippen molar-refractivity contribution < 1.29 is 13.2 Å². The molecule has 1 atom stereocenters. The molecule has 1 aromatic rings. The van der Waals surface area contributed by atoms with Crippen LogP contribution in [0.3, 0.4) is 0 Å². The van der Waals surface area contributed by atoms with Crippen LogP contribution >= 0.6 is 0 Å². The van der Waals surface area contributed by atoms with Gasteiger partial charge in [0.1, 0.15) is 6.29 Å². The highest BCUT2D eigenvalue weighted by Gasteiger charge is 2.34. The topological polar surface area (TPSA) is 66.5 Å². The highest BCUT2D eigenvalue weighted by atomic mass is 32.2. The van der Waals surface area contributed by atoms with E-state index in [0.29, 0.717) is 12.8 Å². The Morgan fingerprint density at radius 2 is 2.06 bits per heavy atom. The van der Waals surface area contributed by atoms with E-state index < -0.39 is 16.3 Å². The lowest BCUT2D eigenvalue weighted by Crippen LogP contribution is -2.30. The van der Waals surface area contributed by atoms with Gasteiger partial charge >= 0.3 is 0 Å². The van der Waals surface area contributed by atoms with Crippen LogP contribution < -0.4 is 4.72 Å². The number of rotatable bonds is 3. The maximum absolute atomic E-state index is 11.7. The summed E-state index contributed by atoms with van der Waals surface area (Å²) >= 11 is 0. The summed E-state index contributed by atoms with van der Waals surface area (Å²) in [6, 6.07) is 7.01. The van der Waals surface area contributed by atoms with Crippen molar-refractivity contribution in [2.75, 3.05) is 6.54 Å². The van der Waals surface area contributed by atoms with Gasteiger partial charge in [-0.3, -0.25) is 0 Å². The minimum Gasteiger partial charge on any atom is -0.302 e. The number of nitrogens with zero attached hydrogens (tertiary/aromatic N) is 1. The number of aldehydes is 1. The second-order valence-electron chi connectivity index (χ2n) is 4.14. The number of carbonyl (C=O) groups excluding carboxylic acids is 1. The Morgan fingerprint density at radius 1 is 1.41 bits per heavy atom. The summed E-state index contributed by atoms with van der Waals surface area (Å²) in [6.07, 6.45) is 0.618.